The molecule has 20 heavy (non-hydrogen) atoms. The van der Waals surface area contributed by atoms with E-state index in [1.807, 2.05) is 24.3 Å². The van der Waals surface area contributed by atoms with Crippen LogP contribution in [0.25, 0.3) is 0 Å². The molecule has 0 unspecified atom stereocenters. The Labute approximate surface area is 118 Å². The number of unbranched alkanes of at least 4 members (excludes halogenated alkanes) is 3. The van der Waals surface area contributed by atoms with Crippen molar-refractivity contribution in [2.45, 2.75) is 25.7 Å². The SMILES string of the molecule is N#CCCCCCOc1ccc(C=NN=C(N)N)cc1. The molecular weight excluding hydrogens is 254 g/mol. The first-order valence-electron chi connectivity index (χ1n) is 6.44. The lowest BCUT2D eigenvalue weighted by atomic mass is 10.2. The zero-order valence-corrected chi connectivity index (χ0v) is 11.3. The van der Waals surface area contributed by atoms with Crippen molar-refractivity contribution in [3.05, 3.63) is 29.8 Å². The van der Waals surface area contributed by atoms with Crippen molar-refractivity contribution in [1.29, 1.82) is 5.26 Å². The summed E-state index contributed by atoms with van der Waals surface area (Å²) >= 11 is 0. The summed E-state index contributed by atoms with van der Waals surface area (Å²) in [6, 6.07) is 9.61. The number of rotatable bonds is 8. The fourth-order valence-corrected chi connectivity index (χ4v) is 1.49. The van der Waals surface area contributed by atoms with Gasteiger partial charge < -0.3 is 16.2 Å². The van der Waals surface area contributed by atoms with Gasteiger partial charge in [0.05, 0.1) is 18.9 Å². The van der Waals surface area contributed by atoms with Crippen molar-refractivity contribution in [2.24, 2.45) is 21.7 Å². The molecule has 0 aliphatic rings. The molecule has 0 spiro atoms. The maximum atomic E-state index is 8.40. The standard InChI is InChI=1S/C14H19N5O/c15-9-3-1-2-4-10-20-13-7-5-12(6-8-13)11-18-19-14(16)17/h5-8,11H,1-4,10H2,(H4,16,17,19). The van der Waals surface area contributed by atoms with Crippen molar-refractivity contribution in [2.75, 3.05) is 6.61 Å². The number of nitrogens with two attached hydrogens (primary N) is 2. The predicted octanol–water partition coefficient (Wildman–Crippen LogP) is 1.76. The molecule has 0 aliphatic carbocycles. The third kappa shape index (κ3) is 7.01. The number of hydrogen-bond donors (Lipinski definition) is 2. The van der Waals surface area contributed by atoms with Crippen LogP contribution >= 0.6 is 0 Å². The van der Waals surface area contributed by atoms with Gasteiger partial charge in [-0.15, -0.1) is 5.10 Å². The van der Waals surface area contributed by atoms with Crippen molar-refractivity contribution >= 4 is 12.2 Å². The number of guanidine groups is 1. The molecule has 0 aromatic heterocycles. The van der Waals surface area contributed by atoms with E-state index < -0.39 is 0 Å². The molecule has 6 nitrogen and oxygen atoms in total. The van der Waals surface area contributed by atoms with Gasteiger partial charge in [0, 0.05) is 6.42 Å². The summed E-state index contributed by atoms with van der Waals surface area (Å²) < 4.78 is 5.59. The highest BCUT2D eigenvalue weighted by atomic mass is 16.5. The van der Waals surface area contributed by atoms with E-state index in [1.54, 1.807) is 6.21 Å². The summed E-state index contributed by atoms with van der Waals surface area (Å²) in [5, 5.41) is 15.6. The zero-order chi connectivity index (χ0) is 14.6. The van der Waals surface area contributed by atoms with Gasteiger partial charge in [-0.2, -0.15) is 10.4 Å². The minimum atomic E-state index is -0.0717. The molecule has 0 amide bonds. The molecule has 0 aliphatic heterocycles. The molecule has 0 heterocycles. The van der Waals surface area contributed by atoms with E-state index >= 15 is 0 Å². The average Bonchev–Trinajstić information content (AvgIpc) is 2.44. The summed E-state index contributed by atoms with van der Waals surface area (Å²) in [6.45, 7) is 0.660. The van der Waals surface area contributed by atoms with E-state index in [4.69, 9.17) is 21.5 Å². The highest BCUT2D eigenvalue weighted by molar-refractivity contribution is 5.81. The smallest absolute Gasteiger partial charge is 0.211 e. The van der Waals surface area contributed by atoms with E-state index in [9.17, 15) is 0 Å². The fraction of sp³-hybridized carbons (Fsp3) is 0.357. The maximum absolute atomic E-state index is 8.40. The van der Waals surface area contributed by atoms with Crippen LogP contribution in [0.4, 0.5) is 0 Å². The van der Waals surface area contributed by atoms with E-state index in [2.05, 4.69) is 16.3 Å². The summed E-state index contributed by atoms with van der Waals surface area (Å²) in [5.41, 5.74) is 11.2. The maximum Gasteiger partial charge on any atom is 0.211 e. The summed E-state index contributed by atoms with van der Waals surface area (Å²) in [4.78, 5) is 0. The topological polar surface area (TPSA) is 110 Å². The molecule has 0 saturated heterocycles. The Balaban J connectivity index is 2.30. The van der Waals surface area contributed by atoms with E-state index in [1.165, 1.54) is 0 Å². The summed E-state index contributed by atoms with van der Waals surface area (Å²) in [7, 11) is 0. The molecule has 0 atom stereocenters. The van der Waals surface area contributed by atoms with Crippen LogP contribution < -0.4 is 16.2 Å². The monoisotopic (exact) mass is 273 g/mol. The van der Waals surface area contributed by atoms with Crippen LogP contribution in [0.1, 0.15) is 31.2 Å². The molecule has 0 fully saturated rings. The fourth-order valence-electron chi connectivity index (χ4n) is 1.49. The molecule has 6 heteroatoms. The van der Waals surface area contributed by atoms with Crippen molar-refractivity contribution in [3.8, 4) is 11.8 Å². The highest BCUT2D eigenvalue weighted by Crippen LogP contribution is 2.12. The minimum absolute atomic E-state index is 0.0717. The third-order valence-electron chi connectivity index (χ3n) is 2.46. The highest BCUT2D eigenvalue weighted by Gasteiger charge is 1.95. The lowest BCUT2D eigenvalue weighted by molar-refractivity contribution is 0.305. The van der Waals surface area contributed by atoms with Gasteiger partial charge in [0.25, 0.3) is 0 Å². The molecule has 0 bridgehead atoms. The first-order chi connectivity index (χ1) is 9.72. The van der Waals surface area contributed by atoms with Crippen LogP contribution in [0, 0.1) is 11.3 Å². The largest absolute Gasteiger partial charge is 0.494 e. The molecule has 1 rings (SSSR count). The lowest BCUT2D eigenvalue weighted by Crippen LogP contribution is -2.21. The van der Waals surface area contributed by atoms with E-state index in [0.29, 0.717) is 13.0 Å². The van der Waals surface area contributed by atoms with Crippen molar-refractivity contribution in [1.82, 2.24) is 0 Å². The normalized spacial score (nSPS) is 10.2. The van der Waals surface area contributed by atoms with E-state index in [0.717, 1.165) is 30.6 Å². The Bertz CT molecular complexity index is 483. The Morgan fingerprint density at radius 1 is 1.20 bits per heavy atom. The zero-order valence-electron chi connectivity index (χ0n) is 11.3. The number of benzene rings is 1. The Morgan fingerprint density at radius 2 is 1.95 bits per heavy atom. The first kappa shape index (κ1) is 15.5. The quantitative estimate of drug-likeness (QED) is 0.325. The molecular formula is C14H19N5O. The van der Waals surface area contributed by atoms with Gasteiger partial charge in [-0.3, -0.25) is 0 Å². The van der Waals surface area contributed by atoms with Crippen molar-refractivity contribution < 1.29 is 4.74 Å². The van der Waals surface area contributed by atoms with Crippen LogP contribution in [-0.2, 0) is 0 Å². The van der Waals surface area contributed by atoms with E-state index in [-0.39, 0.29) is 5.96 Å². The van der Waals surface area contributed by atoms with Crippen LogP contribution in [-0.4, -0.2) is 18.8 Å². The number of hydrogen-bond acceptors (Lipinski definition) is 4. The average molecular weight is 273 g/mol. The summed E-state index contributed by atoms with van der Waals surface area (Å²) in [6.07, 6.45) is 5.07. The molecule has 1 aromatic carbocycles. The minimum Gasteiger partial charge on any atom is -0.494 e. The van der Waals surface area contributed by atoms with Crippen LogP contribution in [0.5, 0.6) is 5.75 Å². The number of ether oxygens (including phenoxy) is 1. The van der Waals surface area contributed by atoms with Gasteiger partial charge in [0.15, 0.2) is 0 Å². The van der Waals surface area contributed by atoms with Gasteiger partial charge in [0.2, 0.25) is 5.96 Å². The van der Waals surface area contributed by atoms with Crippen LogP contribution in [0.3, 0.4) is 0 Å². The first-order valence-corrected chi connectivity index (χ1v) is 6.44. The van der Waals surface area contributed by atoms with Gasteiger partial charge in [-0.25, -0.2) is 0 Å². The third-order valence-corrected chi connectivity index (χ3v) is 2.46. The molecule has 4 N–H and O–H groups in total. The van der Waals surface area contributed by atoms with Crippen molar-refractivity contribution in [3.63, 3.8) is 0 Å². The second-order valence-corrected chi connectivity index (χ2v) is 4.16. The number of nitrogens with zero attached hydrogens (tertiary/aromatic N) is 3. The second kappa shape index (κ2) is 9.39. The lowest BCUT2D eigenvalue weighted by Gasteiger charge is -2.05. The molecule has 106 valence electrons. The Hall–Kier alpha value is -2.55. The van der Waals surface area contributed by atoms with Gasteiger partial charge >= 0.3 is 0 Å². The van der Waals surface area contributed by atoms with Crippen LogP contribution in [0.15, 0.2) is 34.5 Å². The second-order valence-electron chi connectivity index (χ2n) is 4.16. The summed E-state index contributed by atoms with van der Waals surface area (Å²) in [5.74, 6) is 0.738. The molecule has 1 aromatic rings. The molecule has 0 radical (unpaired) electrons. The van der Waals surface area contributed by atoms with Gasteiger partial charge in [-0.1, -0.05) is 0 Å². The van der Waals surface area contributed by atoms with Crippen LogP contribution in [0.2, 0.25) is 0 Å². The number of nitriles is 1. The Morgan fingerprint density at radius 3 is 2.60 bits per heavy atom. The Kier molecular flexibility index (Phi) is 7.28. The van der Waals surface area contributed by atoms with Gasteiger partial charge in [-0.05, 0) is 49.1 Å². The molecule has 0 saturated carbocycles. The predicted molar refractivity (Wildman–Crippen MR) is 79.4 cm³/mol. The van der Waals surface area contributed by atoms with Gasteiger partial charge in [0.1, 0.15) is 5.75 Å².